The number of rotatable bonds is 2. The van der Waals surface area contributed by atoms with E-state index >= 15 is 0 Å². The van der Waals surface area contributed by atoms with Gasteiger partial charge in [-0.15, -0.1) is 11.3 Å². The molecule has 0 N–H and O–H groups in total. The quantitative estimate of drug-likeness (QED) is 0.160. The smallest absolute Gasteiger partial charge is 0.264 e. The number of anilines is 6. The highest BCUT2D eigenvalue weighted by Gasteiger charge is 2.50. The Morgan fingerprint density at radius 3 is 1.79 bits per heavy atom. The van der Waals surface area contributed by atoms with Crippen molar-refractivity contribution in [3.05, 3.63) is 148 Å². The molecule has 5 aliphatic rings. The van der Waals surface area contributed by atoms with Crippen molar-refractivity contribution in [2.75, 3.05) is 9.80 Å². The Labute approximate surface area is 380 Å². The lowest BCUT2D eigenvalue weighted by atomic mass is 9.36. The van der Waals surface area contributed by atoms with Gasteiger partial charge in [0.1, 0.15) is 0 Å². The first-order chi connectivity index (χ1) is 29.6. The highest BCUT2D eigenvalue weighted by Crippen LogP contribution is 2.57. The predicted molar refractivity (Wildman–Crippen MR) is 273 cm³/mol. The van der Waals surface area contributed by atoms with Gasteiger partial charge in [0.05, 0.1) is 5.69 Å². The van der Waals surface area contributed by atoms with Gasteiger partial charge in [0.25, 0.3) is 6.71 Å². The number of thiophene rings is 1. The molecule has 0 unspecified atom stereocenters. The molecule has 0 atom stereocenters. The normalized spacial score (nSPS) is 19.6. The van der Waals surface area contributed by atoms with Crippen LogP contribution in [0.1, 0.15) is 142 Å². The van der Waals surface area contributed by atoms with E-state index in [1.807, 2.05) is 11.3 Å². The van der Waals surface area contributed by atoms with Crippen LogP contribution in [0.2, 0.25) is 0 Å². The summed E-state index contributed by atoms with van der Waals surface area (Å²) in [7, 11) is 0. The fraction of sp³-hybridized carbons (Fsp3) is 0.356. The molecule has 7 aromatic rings. The zero-order chi connectivity index (χ0) is 44.1. The number of benzene rings is 6. The van der Waals surface area contributed by atoms with Crippen molar-refractivity contribution in [2.24, 2.45) is 0 Å². The monoisotopic (exact) mass is 840 g/mol. The van der Waals surface area contributed by atoms with Crippen molar-refractivity contribution in [3.8, 4) is 11.1 Å². The molecule has 2 nitrogen and oxygen atoms in total. The molecule has 12 rings (SSSR count). The molecule has 1 aromatic heterocycles. The first-order valence-corrected chi connectivity index (χ1v) is 24.3. The lowest BCUT2D eigenvalue weighted by Gasteiger charge is -2.44. The standard InChI is InChI=1S/C59H61BN2S/c1-54(2,3)34-21-23-35(24-22-34)62-48-20-16-19-47-51(48)60(53-52(62)39-28-38-37-17-14-15-18-40(37)59(12,13)42(38)31-50(39)63-53)46-29-44-45(58(10,11)33-57(44,8)9)30-49(46)61(47)36-25-26-41-43(27-36)56(6,7)32-55(41,4)5/h14-31H,32-33H2,1-13H3. The number of nitrogens with zero attached hydrogens (tertiary/aromatic N) is 2. The van der Waals surface area contributed by atoms with Crippen LogP contribution in [0, 0.1) is 0 Å². The third-order valence-corrected chi connectivity index (χ3v) is 17.6. The van der Waals surface area contributed by atoms with Crippen LogP contribution in [0.5, 0.6) is 0 Å². The van der Waals surface area contributed by atoms with Gasteiger partial charge >= 0.3 is 0 Å². The van der Waals surface area contributed by atoms with Crippen LogP contribution in [0.25, 0.3) is 21.2 Å². The van der Waals surface area contributed by atoms with Crippen molar-refractivity contribution in [3.63, 3.8) is 0 Å². The molecule has 0 amide bonds. The summed E-state index contributed by atoms with van der Waals surface area (Å²) in [4.78, 5) is 5.31. The maximum atomic E-state index is 2.68. The number of fused-ring (bicyclic) bond motifs is 11. The number of hydrogen-bond acceptors (Lipinski definition) is 3. The highest BCUT2D eigenvalue weighted by atomic mass is 32.1. The third kappa shape index (κ3) is 5.25. The summed E-state index contributed by atoms with van der Waals surface area (Å²) in [5.74, 6) is 0. The molecule has 0 saturated heterocycles. The van der Waals surface area contributed by atoms with E-state index in [1.54, 1.807) is 0 Å². The molecule has 3 heterocycles. The van der Waals surface area contributed by atoms with Crippen molar-refractivity contribution < 1.29 is 0 Å². The van der Waals surface area contributed by atoms with E-state index < -0.39 is 0 Å². The van der Waals surface area contributed by atoms with Crippen molar-refractivity contribution >= 4 is 78.0 Å². The van der Waals surface area contributed by atoms with E-state index in [-0.39, 0.29) is 39.2 Å². The number of hydrogen-bond donors (Lipinski definition) is 0. The molecular weight excluding hydrogens is 780 g/mol. The molecule has 3 aliphatic carbocycles. The Morgan fingerprint density at radius 2 is 1.11 bits per heavy atom. The van der Waals surface area contributed by atoms with Gasteiger partial charge in [-0.2, -0.15) is 0 Å². The molecule has 4 heteroatoms. The zero-order valence-electron chi connectivity index (χ0n) is 39.7. The summed E-state index contributed by atoms with van der Waals surface area (Å²) in [5, 5.41) is 1.35. The Kier molecular flexibility index (Phi) is 7.65. The van der Waals surface area contributed by atoms with Gasteiger partial charge in [0.2, 0.25) is 0 Å². The topological polar surface area (TPSA) is 6.48 Å². The third-order valence-electron chi connectivity index (χ3n) is 16.4. The minimum atomic E-state index is -0.0697. The first-order valence-electron chi connectivity index (χ1n) is 23.5. The molecule has 316 valence electrons. The van der Waals surface area contributed by atoms with Gasteiger partial charge in [-0.25, -0.2) is 0 Å². The van der Waals surface area contributed by atoms with Crippen molar-refractivity contribution in [1.82, 2.24) is 0 Å². The van der Waals surface area contributed by atoms with Crippen LogP contribution in [0.15, 0.2) is 109 Å². The highest BCUT2D eigenvalue weighted by molar-refractivity contribution is 7.33. The van der Waals surface area contributed by atoms with Gasteiger partial charge in [-0.1, -0.05) is 145 Å². The molecule has 63 heavy (non-hydrogen) atoms. The van der Waals surface area contributed by atoms with Crippen LogP contribution >= 0.6 is 11.3 Å². The van der Waals surface area contributed by atoms with E-state index in [4.69, 9.17) is 0 Å². The van der Waals surface area contributed by atoms with Gasteiger partial charge in [-0.3, -0.25) is 0 Å². The van der Waals surface area contributed by atoms with Gasteiger partial charge in [0, 0.05) is 48.7 Å². The van der Waals surface area contributed by atoms with E-state index in [1.165, 1.54) is 110 Å². The lowest BCUT2D eigenvalue weighted by Crippen LogP contribution is -2.60. The molecule has 0 bridgehead atoms. The largest absolute Gasteiger partial charge is 0.311 e. The Hall–Kier alpha value is -5.06. The second kappa shape index (κ2) is 12.2. The molecule has 0 spiro atoms. The van der Waals surface area contributed by atoms with E-state index in [9.17, 15) is 0 Å². The average Bonchev–Trinajstić information content (AvgIpc) is 3.82. The second-order valence-electron chi connectivity index (χ2n) is 24.1. The van der Waals surface area contributed by atoms with Crippen molar-refractivity contribution in [2.45, 2.75) is 135 Å². The molecule has 0 radical (unpaired) electrons. The fourth-order valence-electron chi connectivity index (χ4n) is 13.8. The van der Waals surface area contributed by atoms with E-state index in [2.05, 4.69) is 209 Å². The van der Waals surface area contributed by atoms with Gasteiger partial charge in [0.15, 0.2) is 0 Å². The molecule has 0 saturated carbocycles. The summed E-state index contributed by atoms with van der Waals surface area (Å²) < 4.78 is 2.83. The maximum Gasteiger partial charge on any atom is 0.264 e. The van der Waals surface area contributed by atoms with Crippen LogP contribution in [-0.4, -0.2) is 6.71 Å². The summed E-state index contributed by atoms with van der Waals surface area (Å²) in [5.41, 5.74) is 23.9. The predicted octanol–water partition coefficient (Wildman–Crippen LogP) is 14.5. The Balaban J connectivity index is 1.18. The molecule has 2 aliphatic heterocycles. The minimum absolute atomic E-state index is 0.0604. The summed E-state index contributed by atoms with van der Waals surface area (Å²) in [6, 6.07) is 43.7. The van der Waals surface area contributed by atoms with Crippen LogP contribution in [0.4, 0.5) is 34.1 Å². The fourth-order valence-corrected chi connectivity index (χ4v) is 15.2. The van der Waals surface area contributed by atoms with E-state index in [0.29, 0.717) is 0 Å². The van der Waals surface area contributed by atoms with Crippen LogP contribution in [-0.2, 0) is 32.5 Å². The zero-order valence-corrected chi connectivity index (χ0v) is 40.5. The molecular formula is C59H61BN2S. The molecule has 0 fully saturated rings. The Morgan fingerprint density at radius 1 is 0.508 bits per heavy atom. The second-order valence-corrected chi connectivity index (χ2v) is 25.1. The first kappa shape index (κ1) is 39.5. The average molecular weight is 841 g/mol. The maximum absolute atomic E-state index is 2.68. The van der Waals surface area contributed by atoms with E-state index in [0.717, 1.165) is 12.8 Å². The SMILES string of the molecule is CC(C)(C)c1ccc(N2c3cccc4c3B(c3cc5c(cc3N4c3ccc4c(c3)C(C)(C)CC4(C)C)C(C)(C)CC5(C)C)c3sc4cc5c(cc4c32)-c2ccccc2C5(C)C)cc1. The minimum Gasteiger partial charge on any atom is -0.311 e. The Bertz CT molecular complexity index is 3150. The van der Waals surface area contributed by atoms with Crippen molar-refractivity contribution in [1.29, 1.82) is 0 Å². The summed E-state index contributed by atoms with van der Waals surface area (Å²) in [6.45, 7) is 31.5. The summed E-state index contributed by atoms with van der Waals surface area (Å²) in [6.07, 6.45) is 2.29. The van der Waals surface area contributed by atoms with Crippen LogP contribution < -0.4 is 25.5 Å². The van der Waals surface area contributed by atoms with Crippen LogP contribution in [0.3, 0.4) is 0 Å². The van der Waals surface area contributed by atoms with Gasteiger partial charge in [-0.05, 0) is 156 Å². The summed E-state index contributed by atoms with van der Waals surface area (Å²) >= 11 is 2.04. The lowest BCUT2D eigenvalue weighted by molar-refractivity contribution is 0.403. The molecule has 6 aromatic carbocycles. The van der Waals surface area contributed by atoms with Gasteiger partial charge < -0.3 is 9.80 Å².